The number of thiazole rings is 1. The molecule has 0 saturated heterocycles. The Morgan fingerprint density at radius 2 is 2.20 bits per heavy atom. The Morgan fingerprint density at radius 3 is 2.75 bits per heavy atom. The van der Waals surface area contributed by atoms with Crippen molar-refractivity contribution in [2.24, 2.45) is 10.9 Å². The van der Waals surface area contributed by atoms with Crippen LogP contribution in [0.1, 0.15) is 35.5 Å². The molecule has 0 aliphatic rings. The van der Waals surface area contributed by atoms with Crippen molar-refractivity contribution in [1.29, 1.82) is 0 Å². The normalized spacial score (nSPS) is 13.3. The summed E-state index contributed by atoms with van der Waals surface area (Å²) >= 11 is 1.67. The summed E-state index contributed by atoms with van der Waals surface area (Å²) in [6.07, 6.45) is 2.83. The Bertz CT molecular complexity index is 551. The smallest absolute Gasteiger partial charge is 0.170 e. The van der Waals surface area contributed by atoms with Crippen LogP contribution < -0.4 is 11.1 Å². The molecule has 2 aromatic rings. The van der Waals surface area contributed by atoms with E-state index >= 15 is 0 Å². The molecule has 2 rings (SSSR count). The molecule has 0 amide bonds. The van der Waals surface area contributed by atoms with Crippen molar-refractivity contribution in [1.82, 2.24) is 10.3 Å². The molecule has 0 aliphatic carbocycles. The van der Waals surface area contributed by atoms with Crippen molar-refractivity contribution in [2.45, 2.75) is 25.9 Å². The monoisotopic (exact) mass is 290 g/mol. The van der Waals surface area contributed by atoms with Crippen molar-refractivity contribution in [3.63, 3.8) is 0 Å². The SMILES string of the molecule is CCC(NCc1ccc(C(N)=NO)cc1)c1nccs1. The quantitative estimate of drug-likeness (QED) is 0.330. The maximum atomic E-state index is 8.62. The Hall–Kier alpha value is -1.92. The van der Waals surface area contributed by atoms with Gasteiger partial charge in [0, 0.05) is 23.7 Å². The van der Waals surface area contributed by atoms with E-state index in [4.69, 9.17) is 10.9 Å². The van der Waals surface area contributed by atoms with Gasteiger partial charge in [0.05, 0.1) is 6.04 Å². The number of nitrogens with one attached hydrogen (secondary N) is 1. The zero-order chi connectivity index (χ0) is 14.4. The number of rotatable bonds is 6. The molecule has 0 radical (unpaired) electrons. The van der Waals surface area contributed by atoms with Crippen molar-refractivity contribution >= 4 is 17.2 Å². The first kappa shape index (κ1) is 14.5. The average molecular weight is 290 g/mol. The first-order chi connectivity index (χ1) is 9.74. The van der Waals surface area contributed by atoms with E-state index in [-0.39, 0.29) is 11.9 Å². The Balaban J connectivity index is 1.97. The summed E-state index contributed by atoms with van der Waals surface area (Å²) in [6, 6.07) is 7.90. The lowest BCUT2D eigenvalue weighted by molar-refractivity contribution is 0.318. The van der Waals surface area contributed by atoms with Gasteiger partial charge in [0.1, 0.15) is 5.01 Å². The summed E-state index contributed by atoms with van der Waals surface area (Å²) in [7, 11) is 0. The Labute approximate surface area is 122 Å². The summed E-state index contributed by atoms with van der Waals surface area (Å²) in [6.45, 7) is 2.90. The van der Waals surface area contributed by atoms with E-state index in [1.54, 1.807) is 11.3 Å². The minimum absolute atomic E-state index is 0.124. The summed E-state index contributed by atoms with van der Waals surface area (Å²) in [5.74, 6) is 0.124. The van der Waals surface area contributed by atoms with Crippen LogP contribution in [-0.2, 0) is 6.54 Å². The number of aromatic nitrogens is 1. The molecule has 1 atom stereocenters. The second-order valence-electron chi connectivity index (χ2n) is 4.39. The van der Waals surface area contributed by atoms with Gasteiger partial charge in [-0.15, -0.1) is 11.3 Å². The standard InChI is InChI=1S/C14H18N4OS/c1-2-12(14-16-7-8-20-14)17-9-10-3-5-11(6-4-10)13(15)18-19/h3-8,12,17,19H,2,9H2,1H3,(H2,15,18). The molecule has 0 saturated carbocycles. The van der Waals surface area contributed by atoms with Crippen molar-refractivity contribution in [2.75, 3.05) is 0 Å². The predicted octanol–water partition coefficient (Wildman–Crippen LogP) is 2.48. The largest absolute Gasteiger partial charge is 0.409 e. The molecule has 20 heavy (non-hydrogen) atoms. The zero-order valence-corrected chi connectivity index (χ0v) is 12.1. The Kier molecular flexibility index (Phi) is 5.09. The van der Waals surface area contributed by atoms with E-state index in [0.717, 1.165) is 23.5 Å². The summed E-state index contributed by atoms with van der Waals surface area (Å²) < 4.78 is 0. The molecule has 1 unspecified atom stereocenters. The van der Waals surface area contributed by atoms with Crippen molar-refractivity contribution < 1.29 is 5.21 Å². The maximum Gasteiger partial charge on any atom is 0.170 e. The molecular weight excluding hydrogens is 272 g/mol. The highest BCUT2D eigenvalue weighted by Crippen LogP contribution is 2.19. The molecule has 106 valence electrons. The van der Waals surface area contributed by atoms with E-state index in [2.05, 4.69) is 22.4 Å². The van der Waals surface area contributed by atoms with Crippen LogP contribution in [0.3, 0.4) is 0 Å². The maximum absolute atomic E-state index is 8.62. The average Bonchev–Trinajstić information content (AvgIpc) is 3.02. The number of nitrogens with zero attached hydrogens (tertiary/aromatic N) is 2. The molecular formula is C14H18N4OS. The lowest BCUT2D eigenvalue weighted by Gasteiger charge is -2.14. The number of benzene rings is 1. The second kappa shape index (κ2) is 7.02. The fourth-order valence-electron chi connectivity index (χ4n) is 1.90. The highest BCUT2D eigenvalue weighted by Gasteiger charge is 2.10. The van der Waals surface area contributed by atoms with Gasteiger partial charge in [-0.05, 0) is 12.0 Å². The topological polar surface area (TPSA) is 83.5 Å². The molecule has 0 aliphatic heterocycles. The third-order valence-electron chi connectivity index (χ3n) is 3.07. The van der Waals surface area contributed by atoms with E-state index in [9.17, 15) is 0 Å². The summed E-state index contributed by atoms with van der Waals surface area (Å²) in [5, 5.41) is 18.2. The fourth-order valence-corrected chi connectivity index (χ4v) is 2.70. The highest BCUT2D eigenvalue weighted by molar-refractivity contribution is 7.09. The third kappa shape index (κ3) is 3.55. The van der Waals surface area contributed by atoms with Crippen LogP contribution in [0, 0.1) is 0 Å². The van der Waals surface area contributed by atoms with Gasteiger partial charge in [-0.2, -0.15) is 0 Å². The molecule has 0 spiro atoms. The predicted molar refractivity (Wildman–Crippen MR) is 80.9 cm³/mol. The van der Waals surface area contributed by atoms with Crippen molar-refractivity contribution in [3.8, 4) is 0 Å². The number of oxime groups is 1. The number of nitrogens with two attached hydrogens (primary N) is 1. The third-order valence-corrected chi connectivity index (χ3v) is 3.96. The van der Waals surface area contributed by atoms with E-state index in [1.165, 1.54) is 0 Å². The van der Waals surface area contributed by atoms with Crippen LogP contribution in [0.15, 0.2) is 41.0 Å². The molecule has 1 heterocycles. The number of hydrogen-bond acceptors (Lipinski definition) is 5. The lowest BCUT2D eigenvalue weighted by atomic mass is 10.1. The number of hydrogen-bond donors (Lipinski definition) is 3. The van der Waals surface area contributed by atoms with Crippen LogP contribution in [-0.4, -0.2) is 16.0 Å². The first-order valence-electron chi connectivity index (χ1n) is 6.44. The van der Waals surface area contributed by atoms with Crippen LogP contribution in [0.25, 0.3) is 0 Å². The zero-order valence-electron chi connectivity index (χ0n) is 11.3. The summed E-state index contributed by atoms with van der Waals surface area (Å²) in [5.41, 5.74) is 7.39. The van der Waals surface area contributed by atoms with Gasteiger partial charge in [0.25, 0.3) is 0 Å². The lowest BCUT2D eigenvalue weighted by Crippen LogP contribution is -2.20. The van der Waals surface area contributed by atoms with Crippen LogP contribution >= 0.6 is 11.3 Å². The summed E-state index contributed by atoms with van der Waals surface area (Å²) in [4.78, 5) is 4.34. The van der Waals surface area contributed by atoms with Crippen LogP contribution in [0.5, 0.6) is 0 Å². The molecule has 0 bridgehead atoms. The van der Waals surface area contributed by atoms with E-state index in [0.29, 0.717) is 5.56 Å². The second-order valence-corrected chi connectivity index (χ2v) is 5.32. The van der Waals surface area contributed by atoms with Crippen molar-refractivity contribution in [3.05, 3.63) is 52.0 Å². The highest BCUT2D eigenvalue weighted by atomic mass is 32.1. The molecule has 0 fully saturated rings. The van der Waals surface area contributed by atoms with Gasteiger partial charge >= 0.3 is 0 Å². The minimum Gasteiger partial charge on any atom is -0.409 e. The van der Waals surface area contributed by atoms with Gasteiger partial charge in [-0.1, -0.05) is 36.3 Å². The van der Waals surface area contributed by atoms with Crippen LogP contribution in [0.2, 0.25) is 0 Å². The van der Waals surface area contributed by atoms with Crippen LogP contribution in [0.4, 0.5) is 0 Å². The van der Waals surface area contributed by atoms with Gasteiger partial charge in [0.15, 0.2) is 5.84 Å². The minimum atomic E-state index is 0.124. The first-order valence-corrected chi connectivity index (χ1v) is 7.32. The molecule has 1 aromatic carbocycles. The van der Waals surface area contributed by atoms with E-state index < -0.39 is 0 Å². The number of amidine groups is 1. The van der Waals surface area contributed by atoms with Gasteiger partial charge in [-0.3, -0.25) is 0 Å². The molecule has 1 aromatic heterocycles. The van der Waals surface area contributed by atoms with Gasteiger partial charge in [-0.25, -0.2) is 4.98 Å². The van der Waals surface area contributed by atoms with Gasteiger partial charge in [0.2, 0.25) is 0 Å². The molecule has 6 heteroatoms. The van der Waals surface area contributed by atoms with E-state index in [1.807, 2.05) is 35.8 Å². The fraction of sp³-hybridized carbons (Fsp3) is 0.286. The Morgan fingerprint density at radius 1 is 1.45 bits per heavy atom. The molecule has 5 nitrogen and oxygen atoms in total. The van der Waals surface area contributed by atoms with Gasteiger partial charge < -0.3 is 16.3 Å². The molecule has 4 N–H and O–H groups in total.